The van der Waals surface area contributed by atoms with Crippen LogP contribution in [0.2, 0.25) is 0 Å². The van der Waals surface area contributed by atoms with Crippen molar-refractivity contribution >= 4 is 49.3 Å². The van der Waals surface area contributed by atoms with E-state index in [0.29, 0.717) is 5.56 Å². The molecule has 0 aliphatic rings. The van der Waals surface area contributed by atoms with Crippen molar-refractivity contribution in [2.24, 2.45) is 0 Å². The van der Waals surface area contributed by atoms with Crippen molar-refractivity contribution in [1.82, 2.24) is 0 Å². The van der Waals surface area contributed by atoms with Gasteiger partial charge in [0, 0.05) is 4.90 Å². The summed E-state index contributed by atoms with van der Waals surface area (Å²) in [5.41, 5.74) is 0.642. The summed E-state index contributed by atoms with van der Waals surface area (Å²) in [4.78, 5) is 11.6. The summed E-state index contributed by atoms with van der Waals surface area (Å²) in [6, 6.07) is 6.98. The Labute approximate surface area is 99.0 Å². The number of benzene rings is 1. The lowest BCUT2D eigenvalue weighted by Gasteiger charge is -2.08. The predicted octanol–water partition coefficient (Wildman–Crippen LogP) is 3.95. The molecule has 1 aromatic carbocycles. The van der Waals surface area contributed by atoms with Crippen molar-refractivity contribution in [2.75, 3.05) is 0 Å². The average molecular weight is 269 g/mol. The number of carboxylic acid groups (broad SMARTS) is 1. The van der Waals surface area contributed by atoms with Gasteiger partial charge in [0.25, 0.3) is 0 Å². The van der Waals surface area contributed by atoms with Gasteiger partial charge in [-0.05, 0) is 61.0 Å². The first-order valence-corrected chi connectivity index (χ1v) is 6.92. The minimum Gasteiger partial charge on any atom is -0.480 e. The molecule has 0 heterocycles. The molecule has 1 unspecified atom stereocenters. The Balaban J connectivity index is 2.98. The Hall–Kier alpha value is -0.0300. The average Bonchev–Trinajstić information content (AvgIpc) is 2.19. The second-order valence-electron chi connectivity index (χ2n) is 2.46. The highest BCUT2D eigenvalue weighted by Crippen LogP contribution is 2.34. The molecule has 1 rings (SSSR count). The van der Waals surface area contributed by atoms with E-state index in [1.54, 1.807) is 24.3 Å². The normalized spacial score (nSPS) is 12.4. The van der Waals surface area contributed by atoms with E-state index < -0.39 is 11.2 Å². The largest absolute Gasteiger partial charge is 0.480 e. The van der Waals surface area contributed by atoms with E-state index in [2.05, 4.69) is 0 Å². The summed E-state index contributed by atoms with van der Waals surface area (Å²) in [6.07, 6.45) is 0. The van der Waals surface area contributed by atoms with Crippen molar-refractivity contribution < 1.29 is 9.90 Å². The highest BCUT2D eigenvalue weighted by atomic mass is 35.7. The van der Waals surface area contributed by atoms with Crippen LogP contribution < -0.4 is 0 Å². The first-order valence-electron chi connectivity index (χ1n) is 3.57. The molecule has 0 aliphatic carbocycles. The smallest absolute Gasteiger partial charge is 0.322 e. The summed E-state index contributed by atoms with van der Waals surface area (Å²) in [6.45, 7) is 0. The fourth-order valence-electron chi connectivity index (χ4n) is 0.958. The number of hydrogen-bond donors (Lipinski definition) is 1. The van der Waals surface area contributed by atoms with E-state index in [9.17, 15) is 4.79 Å². The molecule has 1 aromatic rings. The second-order valence-corrected chi connectivity index (χ2v) is 4.73. The second kappa shape index (κ2) is 5.75. The Morgan fingerprint density at radius 1 is 1.43 bits per heavy atom. The maximum atomic E-state index is 10.8. The maximum absolute atomic E-state index is 10.8. The number of rotatable bonds is 4. The van der Waals surface area contributed by atoms with Crippen LogP contribution in [0.3, 0.4) is 0 Å². The lowest BCUT2D eigenvalue weighted by molar-refractivity contribution is -0.136. The van der Waals surface area contributed by atoms with Gasteiger partial charge in [-0.15, -0.1) is 0 Å². The molecule has 0 radical (unpaired) electrons. The number of carbonyl (C=O) groups is 1. The Morgan fingerprint density at radius 2 is 2.14 bits per heavy atom. The molecular formula is C8H6Cl2O2S2. The van der Waals surface area contributed by atoms with Crippen LogP contribution in [0.5, 0.6) is 0 Å². The number of halogens is 2. The van der Waals surface area contributed by atoms with Gasteiger partial charge < -0.3 is 5.11 Å². The summed E-state index contributed by atoms with van der Waals surface area (Å²) in [5, 5.41) is 8.10. The zero-order valence-corrected chi connectivity index (χ0v) is 9.96. The van der Waals surface area contributed by atoms with E-state index in [-0.39, 0.29) is 0 Å². The van der Waals surface area contributed by atoms with Gasteiger partial charge in [0.1, 0.15) is 5.25 Å². The van der Waals surface area contributed by atoms with Crippen molar-refractivity contribution in [3.05, 3.63) is 29.8 Å². The molecular weight excluding hydrogens is 263 g/mol. The molecule has 76 valence electrons. The molecule has 0 saturated carbocycles. The van der Waals surface area contributed by atoms with Gasteiger partial charge >= 0.3 is 5.97 Å². The van der Waals surface area contributed by atoms with Crippen LogP contribution in [-0.4, -0.2) is 11.1 Å². The van der Waals surface area contributed by atoms with E-state index in [1.807, 2.05) is 0 Å². The maximum Gasteiger partial charge on any atom is 0.322 e. The molecule has 0 aliphatic heterocycles. The van der Waals surface area contributed by atoms with Gasteiger partial charge in [0.15, 0.2) is 0 Å². The van der Waals surface area contributed by atoms with Crippen LogP contribution >= 0.6 is 43.3 Å². The summed E-state index contributed by atoms with van der Waals surface area (Å²) in [7, 11) is 12.9. The van der Waals surface area contributed by atoms with Crippen LogP contribution in [0.1, 0.15) is 10.8 Å². The zero-order valence-electron chi connectivity index (χ0n) is 6.81. The van der Waals surface area contributed by atoms with Crippen LogP contribution in [0.4, 0.5) is 0 Å². The van der Waals surface area contributed by atoms with Crippen molar-refractivity contribution in [1.29, 1.82) is 0 Å². The lowest BCUT2D eigenvalue weighted by Crippen LogP contribution is -2.06. The van der Waals surface area contributed by atoms with E-state index in [4.69, 9.17) is 26.5 Å². The lowest BCUT2D eigenvalue weighted by atomic mass is 10.1. The van der Waals surface area contributed by atoms with Gasteiger partial charge in [-0.25, -0.2) is 0 Å². The molecule has 1 atom stereocenters. The first kappa shape index (κ1) is 12.0. The third-order valence-electron chi connectivity index (χ3n) is 1.56. The van der Waals surface area contributed by atoms with E-state index >= 15 is 0 Å². The van der Waals surface area contributed by atoms with Crippen molar-refractivity contribution in [3.8, 4) is 0 Å². The van der Waals surface area contributed by atoms with Gasteiger partial charge in [-0.3, -0.25) is 4.79 Å². The predicted molar refractivity (Wildman–Crippen MR) is 62.0 cm³/mol. The molecule has 2 nitrogen and oxygen atoms in total. The van der Waals surface area contributed by atoms with Crippen LogP contribution in [0, 0.1) is 0 Å². The van der Waals surface area contributed by atoms with E-state index in [0.717, 1.165) is 26.8 Å². The minimum absolute atomic E-state index is 0.642. The van der Waals surface area contributed by atoms with Gasteiger partial charge in [0.05, 0.1) is 0 Å². The van der Waals surface area contributed by atoms with Crippen LogP contribution in [0.25, 0.3) is 0 Å². The Bertz CT molecular complexity index is 333. The SMILES string of the molecule is O=C(O)C(SCl)c1cccc(SCl)c1. The third kappa shape index (κ3) is 2.98. The van der Waals surface area contributed by atoms with E-state index in [1.165, 1.54) is 0 Å². The molecule has 0 saturated heterocycles. The molecule has 0 bridgehead atoms. The Kier molecular flexibility index (Phi) is 4.95. The number of carboxylic acids is 1. The third-order valence-corrected chi connectivity index (χ3v) is 3.72. The number of hydrogen-bond acceptors (Lipinski definition) is 3. The van der Waals surface area contributed by atoms with Gasteiger partial charge in [-0.1, -0.05) is 12.1 Å². The minimum atomic E-state index is -0.957. The summed E-state index contributed by atoms with van der Waals surface area (Å²) < 4.78 is 0. The van der Waals surface area contributed by atoms with Crippen LogP contribution in [0.15, 0.2) is 29.2 Å². The van der Waals surface area contributed by atoms with Gasteiger partial charge in [-0.2, -0.15) is 0 Å². The van der Waals surface area contributed by atoms with Crippen molar-refractivity contribution in [3.63, 3.8) is 0 Å². The summed E-state index contributed by atoms with van der Waals surface area (Å²) >= 11 is 0. The molecule has 14 heavy (non-hydrogen) atoms. The molecule has 0 spiro atoms. The van der Waals surface area contributed by atoms with Crippen molar-refractivity contribution in [2.45, 2.75) is 10.1 Å². The fraction of sp³-hybridized carbons (Fsp3) is 0.125. The molecule has 0 amide bonds. The Morgan fingerprint density at radius 3 is 2.64 bits per heavy atom. The zero-order chi connectivity index (χ0) is 10.6. The highest BCUT2D eigenvalue weighted by molar-refractivity contribution is 8.21. The number of aliphatic carboxylic acids is 1. The molecule has 6 heteroatoms. The molecule has 0 fully saturated rings. The quantitative estimate of drug-likeness (QED) is 0.898. The van der Waals surface area contributed by atoms with Crippen LogP contribution in [-0.2, 0) is 4.79 Å². The standard InChI is InChI=1S/C8H6Cl2O2S2/c9-13-6-3-1-2-5(4-6)7(14-10)8(11)12/h1-4,7H,(H,11,12). The highest BCUT2D eigenvalue weighted by Gasteiger charge is 2.19. The molecule has 0 aromatic heterocycles. The summed E-state index contributed by atoms with van der Waals surface area (Å²) in [5.74, 6) is -0.957. The van der Waals surface area contributed by atoms with Gasteiger partial charge in [0.2, 0.25) is 0 Å². The fourth-order valence-corrected chi connectivity index (χ4v) is 2.42. The molecule has 1 N–H and O–H groups in total. The first-order chi connectivity index (χ1) is 6.69. The monoisotopic (exact) mass is 268 g/mol. The topological polar surface area (TPSA) is 37.3 Å².